The predicted octanol–water partition coefficient (Wildman–Crippen LogP) is 2.84. The zero-order chi connectivity index (χ0) is 14.5. The highest BCUT2D eigenvalue weighted by Gasteiger charge is 2.20. The second-order valence-electron chi connectivity index (χ2n) is 6.10. The molecule has 0 bridgehead atoms. The lowest BCUT2D eigenvalue weighted by Gasteiger charge is -2.22. The van der Waals surface area contributed by atoms with Gasteiger partial charge in [0.15, 0.2) is 0 Å². The Balaban J connectivity index is 1.48. The second-order valence-corrected chi connectivity index (χ2v) is 6.10. The molecule has 4 heteroatoms. The molecule has 21 heavy (non-hydrogen) atoms. The Morgan fingerprint density at radius 2 is 2.14 bits per heavy atom. The molecule has 1 aromatic carbocycles. The number of carbonyl (C=O) groups is 1. The molecule has 1 saturated heterocycles. The van der Waals surface area contributed by atoms with Gasteiger partial charge in [0, 0.05) is 24.9 Å². The third kappa shape index (κ3) is 4.83. The normalized spacial score (nSPS) is 22.0. The zero-order valence-electron chi connectivity index (χ0n) is 12.4. The van der Waals surface area contributed by atoms with Gasteiger partial charge >= 0.3 is 0 Å². The molecule has 1 aromatic rings. The van der Waals surface area contributed by atoms with E-state index in [0.717, 1.165) is 31.7 Å². The Kier molecular flexibility index (Phi) is 4.88. The third-order valence-electron chi connectivity index (χ3n) is 4.07. The molecule has 2 N–H and O–H groups in total. The summed E-state index contributed by atoms with van der Waals surface area (Å²) in [6.45, 7) is 1.67. The van der Waals surface area contributed by atoms with Crippen molar-refractivity contribution in [2.24, 2.45) is 0 Å². The molecular weight excluding hydrogens is 264 g/mol. The first-order valence-corrected chi connectivity index (χ1v) is 8.03. The van der Waals surface area contributed by atoms with Gasteiger partial charge in [-0.05, 0) is 49.8 Å². The maximum atomic E-state index is 12.1. The second kappa shape index (κ2) is 7.05. The van der Waals surface area contributed by atoms with Gasteiger partial charge in [-0.15, -0.1) is 0 Å². The van der Waals surface area contributed by atoms with Crippen molar-refractivity contribution in [1.29, 1.82) is 0 Å². The van der Waals surface area contributed by atoms with Crippen LogP contribution in [0, 0.1) is 0 Å². The van der Waals surface area contributed by atoms with Crippen LogP contribution in [0.5, 0.6) is 0 Å². The van der Waals surface area contributed by atoms with E-state index in [2.05, 4.69) is 22.8 Å². The van der Waals surface area contributed by atoms with Crippen molar-refractivity contribution < 1.29 is 9.53 Å². The van der Waals surface area contributed by atoms with Crippen LogP contribution in [0.1, 0.15) is 44.1 Å². The van der Waals surface area contributed by atoms with E-state index in [1.54, 1.807) is 0 Å². The molecule has 3 rings (SSSR count). The van der Waals surface area contributed by atoms with Gasteiger partial charge in [-0.25, -0.2) is 0 Å². The summed E-state index contributed by atoms with van der Waals surface area (Å²) in [4.78, 5) is 12.1. The molecular formula is C17H24N2O2. The number of benzene rings is 1. The van der Waals surface area contributed by atoms with E-state index in [-0.39, 0.29) is 12.0 Å². The average Bonchev–Trinajstić information content (AvgIpc) is 3.31. The van der Waals surface area contributed by atoms with Crippen LogP contribution in [-0.2, 0) is 16.1 Å². The summed E-state index contributed by atoms with van der Waals surface area (Å²) >= 11 is 0. The van der Waals surface area contributed by atoms with Crippen molar-refractivity contribution in [2.45, 2.75) is 57.2 Å². The summed E-state index contributed by atoms with van der Waals surface area (Å²) < 4.78 is 5.61. The summed E-state index contributed by atoms with van der Waals surface area (Å²) in [7, 11) is 0. The SMILES string of the molecule is O=C(CC1CCCCO1)Nc1cccc(CNC2CC2)c1. The number of ether oxygens (including phenoxy) is 1. The number of hydrogen-bond donors (Lipinski definition) is 2. The quantitative estimate of drug-likeness (QED) is 0.846. The Morgan fingerprint density at radius 3 is 2.90 bits per heavy atom. The highest BCUT2D eigenvalue weighted by Crippen LogP contribution is 2.20. The first-order valence-electron chi connectivity index (χ1n) is 8.03. The fraction of sp³-hybridized carbons (Fsp3) is 0.588. The molecule has 2 aliphatic rings. The number of anilines is 1. The van der Waals surface area contributed by atoms with Gasteiger partial charge < -0.3 is 15.4 Å². The maximum absolute atomic E-state index is 12.1. The minimum atomic E-state index is 0.0502. The van der Waals surface area contributed by atoms with E-state index in [1.165, 1.54) is 24.8 Å². The molecule has 1 amide bonds. The van der Waals surface area contributed by atoms with Crippen LogP contribution in [0.2, 0.25) is 0 Å². The predicted molar refractivity (Wildman–Crippen MR) is 83.1 cm³/mol. The topological polar surface area (TPSA) is 50.4 Å². The molecule has 1 atom stereocenters. The van der Waals surface area contributed by atoms with Crippen LogP contribution in [-0.4, -0.2) is 24.7 Å². The molecule has 1 aliphatic carbocycles. The molecule has 0 aromatic heterocycles. The molecule has 2 fully saturated rings. The smallest absolute Gasteiger partial charge is 0.226 e. The first kappa shape index (κ1) is 14.5. The summed E-state index contributed by atoms with van der Waals surface area (Å²) in [6, 6.07) is 8.79. The molecule has 114 valence electrons. The van der Waals surface area contributed by atoms with Crippen molar-refractivity contribution in [3.63, 3.8) is 0 Å². The Morgan fingerprint density at radius 1 is 1.24 bits per heavy atom. The van der Waals surface area contributed by atoms with Crippen molar-refractivity contribution in [3.8, 4) is 0 Å². The van der Waals surface area contributed by atoms with Gasteiger partial charge in [-0.2, -0.15) is 0 Å². The lowest BCUT2D eigenvalue weighted by atomic mass is 10.1. The van der Waals surface area contributed by atoms with Crippen LogP contribution in [0.3, 0.4) is 0 Å². The van der Waals surface area contributed by atoms with Gasteiger partial charge in [0.2, 0.25) is 5.91 Å². The molecule has 4 nitrogen and oxygen atoms in total. The highest BCUT2D eigenvalue weighted by atomic mass is 16.5. The molecule has 1 aliphatic heterocycles. The number of hydrogen-bond acceptors (Lipinski definition) is 3. The fourth-order valence-corrected chi connectivity index (χ4v) is 2.70. The molecule has 1 unspecified atom stereocenters. The zero-order valence-corrected chi connectivity index (χ0v) is 12.4. The van der Waals surface area contributed by atoms with Crippen molar-refractivity contribution in [1.82, 2.24) is 5.32 Å². The van der Waals surface area contributed by atoms with Gasteiger partial charge in [0.05, 0.1) is 12.5 Å². The van der Waals surface area contributed by atoms with Crippen molar-refractivity contribution in [3.05, 3.63) is 29.8 Å². The average molecular weight is 288 g/mol. The van der Waals surface area contributed by atoms with Gasteiger partial charge in [-0.3, -0.25) is 4.79 Å². The van der Waals surface area contributed by atoms with E-state index >= 15 is 0 Å². The number of nitrogens with one attached hydrogen (secondary N) is 2. The Bertz CT molecular complexity index is 479. The van der Waals surface area contributed by atoms with E-state index in [4.69, 9.17) is 4.74 Å². The lowest BCUT2D eigenvalue weighted by molar-refractivity contribution is -0.119. The van der Waals surface area contributed by atoms with Gasteiger partial charge in [0.25, 0.3) is 0 Å². The number of rotatable bonds is 6. The van der Waals surface area contributed by atoms with E-state index in [1.807, 2.05) is 12.1 Å². The van der Waals surface area contributed by atoms with Gasteiger partial charge in [-0.1, -0.05) is 12.1 Å². The molecule has 1 heterocycles. The third-order valence-corrected chi connectivity index (χ3v) is 4.07. The monoisotopic (exact) mass is 288 g/mol. The Hall–Kier alpha value is -1.39. The number of amides is 1. The van der Waals surface area contributed by atoms with E-state index in [0.29, 0.717) is 12.5 Å². The van der Waals surface area contributed by atoms with Crippen LogP contribution in [0.25, 0.3) is 0 Å². The number of carbonyl (C=O) groups excluding carboxylic acids is 1. The maximum Gasteiger partial charge on any atom is 0.226 e. The van der Waals surface area contributed by atoms with E-state index < -0.39 is 0 Å². The van der Waals surface area contributed by atoms with Crippen LogP contribution in [0.15, 0.2) is 24.3 Å². The minimum absolute atomic E-state index is 0.0502. The van der Waals surface area contributed by atoms with E-state index in [9.17, 15) is 4.79 Å². The highest BCUT2D eigenvalue weighted by molar-refractivity contribution is 5.91. The standard InChI is InChI=1S/C17H24N2O2/c20-17(11-16-6-1-2-9-21-16)19-15-5-3-4-13(10-15)12-18-14-7-8-14/h3-5,10,14,16,18H,1-2,6-9,11-12H2,(H,19,20). The molecule has 0 radical (unpaired) electrons. The summed E-state index contributed by atoms with van der Waals surface area (Å²) in [6.07, 6.45) is 6.42. The Labute approximate surface area is 126 Å². The van der Waals surface area contributed by atoms with Crippen LogP contribution >= 0.6 is 0 Å². The largest absolute Gasteiger partial charge is 0.378 e. The fourth-order valence-electron chi connectivity index (χ4n) is 2.70. The first-order chi connectivity index (χ1) is 10.3. The van der Waals surface area contributed by atoms with Crippen LogP contribution in [0.4, 0.5) is 5.69 Å². The minimum Gasteiger partial charge on any atom is -0.378 e. The summed E-state index contributed by atoms with van der Waals surface area (Å²) in [5.41, 5.74) is 2.10. The van der Waals surface area contributed by atoms with Crippen LogP contribution < -0.4 is 10.6 Å². The molecule has 0 spiro atoms. The van der Waals surface area contributed by atoms with Gasteiger partial charge in [0.1, 0.15) is 0 Å². The summed E-state index contributed by atoms with van der Waals surface area (Å²) in [5, 5.41) is 6.47. The van der Waals surface area contributed by atoms with Crippen molar-refractivity contribution >= 4 is 11.6 Å². The molecule has 1 saturated carbocycles. The summed E-state index contributed by atoms with van der Waals surface area (Å²) in [5.74, 6) is 0.0502. The van der Waals surface area contributed by atoms with Crippen molar-refractivity contribution in [2.75, 3.05) is 11.9 Å². The lowest BCUT2D eigenvalue weighted by Crippen LogP contribution is -2.25.